The molecule has 0 aliphatic heterocycles. The zero-order valence-corrected chi connectivity index (χ0v) is 10.0. The topological polar surface area (TPSA) is 62.0 Å². The smallest absolute Gasteiger partial charge is 0.313 e. The SMILES string of the molecule is CC1(N=Nc2ccccc2)C=CC=CC1C(=O)O. The maximum absolute atomic E-state index is 11.2. The maximum Gasteiger partial charge on any atom is 0.313 e. The van der Waals surface area contributed by atoms with E-state index >= 15 is 0 Å². The molecular formula is C14H14N2O2. The van der Waals surface area contributed by atoms with Crippen molar-refractivity contribution in [3.05, 3.63) is 54.6 Å². The van der Waals surface area contributed by atoms with Gasteiger partial charge in [-0.1, -0.05) is 42.5 Å². The second-order valence-electron chi connectivity index (χ2n) is 4.32. The molecule has 1 aromatic carbocycles. The summed E-state index contributed by atoms with van der Waals surface area (Å²) in [6, 6.07) is 9.27. The molecule has 2 atom stereocenters. The molecule has 0 bridgehead atoms. The second-order valence-corrected chi connectivity index (χ2v) is 4.32. The Labute approximate surface area is 105 Å². The molecule has 0 amide bonds. The molecule has 4 nitrogen and oxygen atoms in total. The summed E-state index contributed by atoms with van der Waals surface area (Å²) in [4.78, 5) is 11.2. The normalized spacial score (nSPS) is 26.6. The Morgan fingerprint density at radius 2 is 2.00 bits per heavy atom. The number of carbonyl (C=O) groups is 1. The molecule has 0 fully saturated rings. The van der Waals surface area contributed by atoms with Gasteiger partial charge >= 0.3 is 5.97 Å². The minimum atomic E-state index is -0.898. The number of carboxylic acid groups (broad SMARTS) is 1. The van der Waals surface area contributed by atoms with Crippen molar-refractivity contribution in [3.63, 3.8) is 0 Å². The number of aliphatic carboxylic acids is 1. The van der Waals surface area contributed by atoms with E-state index < -0.39 is 17.4 Å². The van der Waals surface area contributed by atoms with Crippen molar-refractivity contribution < 1.29 is 9.90 Å². The Bertz CT molecular complexity index is 520. The first-order valence-electron chi connectivity index (χ1n) is 5.68. The summed E-state index contributed by atoms with van der Waals surface area (Å²) in [5.74, 6) is -1.58. The Morgan fingerprint density at radius 3 is 2.67 bits per heavy atom. The summed E-state index contributed by atoms with van der Waals surface area (Å²) in [5, 5.41) is 17.5. The fourth-order valence-corrected chi connectivity index (χ4v) is 1.81. The third-order valence-electron chi connectivity index (χ3n) is 2.88. The molecule has 18 heavy (non-hydrogen) atoms. The van der Waals surface area contributed by atoms with Crippen LogP contribution < -0.4 is 0 Å². The summed E-state index contributed by atoms with van der Waals surface area (Å²) in [6.45, 7) is 1.76. The number of allylic oxidation sites excluding steroid dienone is 2. The van der Waals surface area contributed by atoms with Gasteiger partial charge in [-0.15, -0.1) is 0 Å². The van der Waals surface area contributed by atoms with E-state index in [1.807, 2.05) is 30.3 Å². The van der Waals surface area contributed by atoms with E-state index in [0.29, 0.717) is 5.69 Å². The van der Waals surface area contributed by atoms with Gasteiger partial charge in [0.25, 0.3) is 0 Å². The van der Waals surface area contributed by atoms with Crippen molar-refractivity contribution in [2.24, 2.45) is 16.1 Å². The van der Waals surface area contributed by atoms with Gasteiger partial charge in [-0.05, 0) is 19.1 Å². The van der Waals surface area contributed by atoms with Crippen molar-refractivity contribution in [1.29, 1.82) is 0 Å². The Morgan fingerprint density at radius 1 is 1.28 bits per heavy atom. The molecule has 0 aromatic heterocycles. The van der Waals surface area contributed by atoms with Crippen molar-refractivity contribution in [3.8, 4) is 0 Å². The van der Waals surface area contributed by atoms with Crippen LogP contribution in [-0.4, -0.2) is 16.6 Å². The van der Waals surface area contributed by atoms with Crippen LogP contribution in [0.5, 0.6) is 0 Å². The summed E-state index contributed by atoms with van der Waals surface area (Å²) in [6.07, 6.45) is 6.91. The predicted molar refractivity (Wildman–Crippen MR) is 68.8 cm³/mol. The maximum atomic E-state index is 11.2. The van der Waals surface area contributed by atoms with Crippen molar-refractivity contribution >= 4 is 11.7 Å². The van der Waals surface area contributed by atoms with E-state index in [1.54, 1.807) is 31.2 Å². The van der Waals surface area contributed by atoms with E-state index in [2.05, 4.69) is 10.2 Å². The molecule has 0 heterocycles. The van der Waals surface area contributed by atoms with Crippen LogP contribution in [0.4, 0.5) is 5.69 Å². The van der Waals surface area contributed by atoms with Gasteiger partial charge in [0.05, 0.1) is 5.69 Å². The fraction of sp³-hybridized carbons (Fsp3) is 0.214. The summed E-state index contributed by atoms with van der Waals surface area (Å²) >= 11 is 0. The second kappa shape index (κ2) is 4.96. The van der Waals surface area contributed by atoms with Crippen LogP contribution in [0, 0.1) is 5.92 Å². The number of nitrogens with zero attached hydrogens (tertiary/aromatic N) is 2. The van der Waals surface area contributed by atoms with E-state index in [1.165, 1.54) is 0 Å². The number of carboxylic acids is 1. The molecule has 2 unspecified atom stereocenters. The molecule has 4 heteroatoms. The lowest BCUT2D eigenvalue weighted by atomic mass is 9.83. The first-order chi connectivity index (χ1) is 8.62. The van der Waals surface area contributed by atoms with Gasteiger partial charge in [-0.3, -0.25) is 4.79 Å². The zero-order chi connectivity index (χ0) is 13.0. The predicted octanol–water partition coefficient (Wildman–Crippen LogP) is 3.36. The summed E-state index contributed by atoms with van der Waals surface area (Å²) in [5.41, 5.74) is -0.123. The minimum Gasteiger partial charge on any atom is -0.481 e. The lowest BCUT2D eigenvalue weighted by Gasteiger charge is -2.26. The molecule has 0 radical (unpaired) electrons. The van der Waals surface area contributed by atoms with Crippen molar-refractivity contribution in [2.75, 3.05) is 0 Å². The van der Waals surface area contributed by atoms with Crippen LogP contribution in [0.2, 0.25) is 0 Å². The highest BCUT2D eigenvalue weighted by Gasteiger charge is 2.37. The van der Waals surface area contributed by atoms with Gasteiger partial charge < -0.3 is 5.11 Å². The van der Waals surface area contributed by atoms with Gasteiger partial charge in [-0.25, -0.2) is 0 Å². The molecule has 2 rings (SSSR count). The number of benzene rings is 1. The van der Waals surface area contributed by atoms with E-state index in [9.17, 15) is 9.90 Å². The Balaban J connectivity index is 2.25. The highest BCUT2D eigenvalue weighted by Crippen LogP contribution is 2.30. The minimum absolute atomic E-state index is 0.685. The van der Waals surface area contributed by atoms with Crippen LogP contribution >= 0.6 is 0 Å². The number of hydrogen-bond acceptors (Lipinski definition) is 3. The molecule has 0 saturated carbocycles. The first kappa shape index (κ1) is 12.2. The fourth-order valence-electron chi connectivity index (χ4n) is 1.81. The lowest BCUT2D eigenvalue weighted by molar-refractivity contribution is -0.141. The van der Waals surface area contributed by atoms with Crippen LogP contribution in [-0.2, 0) is 4.79 Å². The molecule has 0 saturated heterocycles. The van der Waals surface area contributed by atoms with E-state index in [-0.39, 0.29) is 0 Å². The van der Waals surface area contributed by atoms with Crippen LogP contribution in [0.15, 0.2) is 64.9 Å². The third kappa shape index (κ3) is 2.53. The molecule has 1 aliphatic rings. The molecule has 92 valence electrons. The van der Waals surface area contributed by atoms with Crippen molar-refractivity contribution in [1.82, 2.24) is 0 Å². The third-order valence-corrected chi connectivity index (χ3v) is 2.88. The average Bonchev–Trinajstić information content (AvgIpc) is 2.38. The molecule has 1 aliphatic carbocycles. The summed E-state index contributed by atoms with van der Waals surface area (Å²) < 4.78 is 0. The molecule has 1 aromatic rings. The highest BCUT2D eigenvalue weighted by molar-refractivity contribution is 5.75. The molecule has 1 N–H and O–H groups in total. The largest absolute Gasteiger partial charge is 0.481 e. The number of rotatable bonds is 3. The van der Waals surface area contributed by atoms with E-state index in [0.717, 1.165) is 0 Å². The monoisotopic (exact) mass is 242 g/mol. The average molecular weight is 242 g/mol. The van der Waals surface area contributed by atoms with E-state index in [4.69, 9.17) is 0 Å². The van der Waals surface area contributed by atoms with Crippen LogP contribution in [0.25, 0.3) is 0 Å². The molecule has 0 spiro atoms. The summed E-state index contributed by atoms with van der Waals surface area (Å²) in [7, 11) is 0. The number of azo groups is 1. The zero-order valence-electron chi connectivity index (χ0n) is 10.0. The van der Waals surface area contributed by atoms with Gasteiger partial charge in [0, 0.05) is 0 Å². The first-order valence-corrected chi connectivity index (χ1v) is 5.68. The number of hydrogen-bond donors (Lipinski definition) is 1. The highest BCUT2D eigenvalue weighted by atomic mass is 16.4. The Hall–Kier alpha value is -2.23. The van der Waals surface area contributed by atoms with Gasteiger partial charge in [-0.2, -0.15) is 10.2 Å². The van der Waals surface area contributed by atoms with Crippen LogP contribution in [0.3, 0.4) is 0 Å². The quantitative estimate of drug-likeness (QED) is 0.826. The lowest BCUT2D eigenvalue weighted by Crippen LogP contribution is -2.35. The standard InChI is InChI=1S/C14H14N2O2/c1-14(10-6-5-9-12(14)13(17)18)16-15-11-7-3-2-4-8-11/h2-10,12H,1H3,(H,17,18). The van der Waals surface area contributed by atoms with Gasteiger partial charge in [0.1, 0.15) is 11.5 Å². The van der Waals surface area contributed by atoms with Gasteiger partial charge in [0.15, 0.2) is 0 Å². The Kier molecular flexibility index (Phi) is 3.37. The molecular weight excluding hydrogens is 228 g/mol. The van der Waals surface area contributed by atoms with Gasteiger partial charge in [0.2, 0.25) is 0 Å². The van der Waals surface area contributed by atoms with Crippen LogP contribution in [0.1, 0.15) is 6.92 Å². The van der Waals surface area contributed by atoms with Crippen molar-refractivity contribution in [2.45, 2.75) is 12.5 Å².